The first kappa shape index (κ1) is 23.4. The van der Waals surface area contributed by atoms with Crippen molar-refractivity contribution in [2.24, 2.45) is 0 Å². The van der Waals surface area contributed by atoms with Gasteiger partial charge < -0.3 is 9.84 Å². The van der Waals surface area contributed by atoms with Crippen molar-refractivity contribution in [3.8, 4) is 11.4 Å². The second-order valence-electron chi connectivity index (χ2n) is 8.51. The normalized spacial score (nSPS) is 13.5. The van der Waals surface area contributed by atoms with Gasteiger partial charge in [0.2, 0.25) is 23.5 Å². The van der Waals surface area contributed by atoms with Crippen LogP contribution in [0.2, 0.25) is 0 Å². The second kappa shape index (κ2) is 10.9. The van der Waals surface area contributed by atoms with Gasteiger partial charge in [0.25, 0.3) is 5.91 Å². The fourth-order valence-corrected chi connectivity index (χ4v) is 3.80. The second-order valence-corrected chi connectivity index (χ2v) is 8.51. The Morgan fingerprint density at radius 1 is 0.971 bits per heavy atom. The summed E-state index contributed by atoms with van der Waals surface area (Å²) in [6.45, 7) is 2.87. The third kappa shape index (κ3) is 5.95. The molecule has 4 rings (SSSR count). The third-order valence-corrected chi connectivity index (χ3v) is 5.84. The highest BCUT2D eigenvalue weighted by atomic mass is 16.5. The van der Waals surface area contributed by atoms with Gasteiger partial charge in [-0.2, -0.15) is 4.98 Å². The first-order chi connectivity index (χ1) is 16.5. The number of carbonyl (C=O) groups excluding carboxylic acids is 3. The van der Waals surface area contributed by atoms with Crippen molar-refractivity contribution < 1.29 is 18.9 Å². The maximum absolute atomic E-state index is 12.4. The minimum Gasteiger partial charge on any atom is -0.352 e. The predicted octanol–water partition coefficient (Wildman–Crippen LogP) is 3.84. The van der Waals surface area contributed by atoms with Crippen molar-refractivity contribution in [2.75, 3.05) is 6.54 Å². The van der Waals surface area contributed by atoms with Gasteiger partial charge in [-0.05, 0) is 37.5 Å². The molecule has 0 atom stereocenters. The molecule has 176 valence electrons. The highest BCUT2D eigenvalue weighted by Crippen LogP contribution is 2.18. The van der Waals surface area contributed by atoms with Crippen LogP contribution in [-0.4, -0.2) is 39.3 Å². The summed E-state index contributed by atoms with van der Waals surface area (Å²) >= 11 is 0. The monoisotopic (exact) mass is 460 g/mol. The summed E-state index contributed by atoms with van der Waals surface area (Å²) in [5.41, 5.74) is 3.50. The van der Waals surface area contributed by atoms with Gasteiger partial charge in [-0.15, -0.1) is 0 Å². The molecular formula is C26H28N4O4. The van der Waals surface area contributed by atoms with Crippen LogP contribution < -0.4 is 5.32 Å². The van der Waals surface area contributed by atoms with Crippen LogP contribution in [-0.2, 0) is 22.6 Å². The molecule has 34 heavy (non-hydrogen) atoms. The molecule has 1 aliphatic rings. The van der Waals surface area contributed by atoms with E-state index in [2.05, 4.69) is 15.5 Å². The molecule has 8 nitrogen and oxygen atoms in total. The molecule has 0 saturated carbocycles. The van der Waals surface area contributed by atoms with E-state index in [4.69, 9.17) is 4.52 Å². The van der Waals surface area contributed by atoms with E-state index in [0.717, 1.165) is 30.4 Å². The van der Waals surface area contributed by atoms with Gasteiger partial charge in [-0.1, -0.05) is 53.5 Å². The van der Waals surface area contributed by atoms with E-state index in [1.54, 1.807) is 24.3 Å². The maximum Gasteiger partial charge on any atom is 0.251 e. The number of rotatable bonds is 10. The zero-order chi connectivity index (χ0) is 23.9. The molecule has 3 aromatic rings. The molecule has 2 aromatic carbocycles. The third-order valence-electron chi connectivity index (χ3n) is 5.84. The lowest BCUT2D eigenvalue weighted by Gasteiger charge is -2.14. The van der Waals surface area contributed by atoms with Crippen LogP contribution in [0.1, 0.15) is 59.5 Å². The zero-order valence-electron chi connectivity index (χ0n) is 19.3. The smallest absolute Gasteiger partial charge is 0.251 e. The van der Waals surface area contributed by atoms with Crippen LogP contribution in [0.15, 0.2) is 53.1 Å². The van der Waals surface area contributed by atoms with Crippen molar-refractivity contribution in [3.05, 3.63) is 71.1 Å². The Hall–Kier alpha value is -3.81. The number of imide groups is 1. The number of hydrogen-bond donors (Lipinski definition) is 1. The van der Waals surface area contributed by atoms with Crippen LogP contribution >= 0.6 is 0 Å². The van der Waals surface area contributed by atoms with Gasteiger partial charge in [-0.3, -0.25) is 19.3 Å². The van der Waals surface area contributed by atoms with Gasteiger partial charge in [0.1, 0.15) is 0 Å². The number of carbonyl (C=O) groups is 3. The van der Waals surface area contributed by atoms with E-state index in [9.17, 15) is 14.4 Å². The van der Waals surface area contributed by atoms with E-state index < -0.39 is 0 Å². The standard InChI is InChI=1S/C26H28N4O4/c1-18-6-10-20(11-7-18)25-28-22(34-29-25)5-3-2-4-16-27-26(33)21-12-8-19(9-13-21)17-30-23(31)14-15-24(30)32/h6-13H,2-5,14-17H2,1H3,(H,27,33). The van der Waals surface area contributed by atoms with E-state index in [-0.39, 0.29) is 37.1 Å². The molecule has 0 bridgehead atoms. The topological polar surface area (TPSA) is 105 Å². The number of benzene rings is 2. The highest BCUT2D eigenvalue weighted by Gasteiger charge is 2.28. The lowest BCUT2D eigenvalue weighted by atomic mass is 10.1. The Bertz CT molecular complexity index is 1140. The van der Waals surface area contributed by atoms with Gasteiger partial charge in [0.15, 0.2) is 0 Å². The SMILES string of the molecule is Cc1ccc(-c2noc(CCCCCNC(=O)c3ccc(CN4C(=O)CCC4=O)cc3)n2)cc1. The lowest BCUT2D eigenvalue weighted by molar-refractivity contribution is -0.139. The molecular weight excluding hydrogens is 432 g/mol. The summed E-state index contributed by atoms with van der Waals surface area (Å²) in [7, 11) is 0. The number of nitrogens with one attached hydrogen (secondary N) is 1. The van der Waals surface area contributed by atoms with E-state index in [1.165, 1.54) is 10.5 Å². The number of aromatic nitrogens is 2. The van der Waals surface area contributed by atoms with Crippen LogP contribution in [0.25, 0.3) is 11.4 Å². The van der Waals surface area contributed by atoms with Gasteiger partial charge in [0.05, 0.1) is 6.54 Å². The molecule has 0 aliphatic carbocycles. The molecule has 3 amide bonds. The predicted molar refractivity (Wildman–Crippen MR) is 126 cm³/mol. The van der Waals surface area contributed by atoms with Gasteiger partial charge in [0, 0.05) is 36.9 Å². The van der Waals surface area contributed by atoms with Crippen LogP contribution in [0, 0.1) is 6.92 Å². The summed E-state index contributed by atoms with van der Waals surface area (Å²) in [6, 6.07) is 15.0. The molecule has 1 N–H and O–H groups in total. The number of amides is 3. The largest absolute Gasteiger partial charge is 0.352 e. The molecule has 0 unspecified atom stereocenters. The van der Waals surface area contributed by atoms with Gasteiger partial charge in [-0.25, -0.2) is 0 Å². The Kier molecular flexibility index (Phi) is 7.47. The van der Waals surface area contributed by atoms with Crippen molar-refractivity contribution in [1.82, 2.24) is 20.4 Å². The fraction of sp³-hybridized carbons (Fsp3) is 0.346. The first-order valence-electron chi connectivity index (χ1n) is 11.6. The molecule has 8 heteroatoms. The Balaban J connectivity index is 1.14. The summed E-state index contributed by atoms with van der Waals surface area (Å²) in [5.74, 6) is 0.804. The first-order valence-corrected chi connectivity index (χ1v) is 11.6. The van der Waals surface area contributed by atoms with Gasteiger partial charge >= 0.3 is 0 Å². The molecule has 1 aromatic heterocycles. The van der Waals surface area contributed by atoms with Crippen molar-refractivity contribution >= 4 is 17.7 Å². The minimum atomic E-state index is -0.141. The molecule has 0 spiro atoms. The maximum atomic E-state index is 12.4. The number of hydrogen-bond acceptors (Lipinski definition) is 6. The van der Waals surface area contributed by atoms with Crippen molar-refractivity contribution in [3.63, 3.8) is 0 Å². The molecule has 1 fully saturated rings. The summed E-state index contributed by atoms with van der Waals surface area (Å²) in [4.78, 5) is 41.6. The average molecular weight is 461 g/mol. The zero-order valence-corrected chi connectivity index (χ0v) is 19.3. The summed E-state index contributed by atoms with van der Waals surface area (Å²) < 4.78 is 5.34. The number of likely N-dealkylation sites (tertiary alicyclic amines) is 1. The number of aryl methyl sites for hydroxylation is 2. The minimum absolute atomic E-state index is 0.139. The fourth-order valence-electron chi connectivity index (χ4n) is 3.80. The van der Waals surface area contributed by atoms with Crippen molar-refractivity contribution in [2.45, 2.75) is 52.0 Å². The van der Waals surface area contributed by atoms with Crippen LogP contribution in [0.5, 0.6) is 0 Å². The van der Waals surface area contributed by atoms with E-state index in [1.807, 2.05) is 31.2 Å². The van der Waals surface area contributed by atoms with E-state index >= 15 is 0 Å². The Labute approximate surface area is 198 Å². The molecule has 1 saturated heterocycles. The summed E-state index contributed by atoms with van der Waals surface area (Å²) in [5, 5.41) is 6.98. The quantitative estimate of drug-likeness (QED) is 0.364. The average Bonchev–Trinajstić information content (AvgIpc) is 3.44. The number of unbranched alkanes of at least 4 members (excludes halogenated alkanes) is 2. The lowest BCUT2D eigenvalue weighted by Crippen LogP contribution is -2.28. The van der Waals surface area contributed by atoms with Crippen LogP contribution in [0.4, 0.5) is 0 Å². The highest BCUT2D eigenvalue weighted by molar-refractivity contribution is 6.01. The van der Waals surface area contributed by atoms with Crippen LogP contribution in [0.3, 0.4) is 0 Å². The summed E-state index contributed by atoms with van der Waals surface area (Å²) in [6.07, 6.45) is 3.94. The van der Waals surface area contributed by atoms with Crippen molar-refractivity contribution in [1.29, 1.82) is 0 Å². The van der Waals surface area contributed by atoms with E-state index in [0.29, 0.717) is 30.2 Å². The Morgan fingerprint density at radius 3 is 2.38 bits per heavy atom. The molecule has 1 aliphatic heterocycles. The molecule has 0 radical (unpaired) electrons. The number of nitrogens with zero attached hydrogens (tertiary/aromatic N) is 3. The molecule has 2 heterocycles. The Morgan fingerprint density at radius 2 is 1.68 bits per heavy atom.